The van der Waals surface area contributed by atoms with Gasteiger partial charge in [-0.25, -0.2) is 4.98 Å². The topological polar surface area (TPSA) is 66.5 Å². The number of hydrogen-bond acceptors (Lipinski definition) is 4. The lowest BCUT2D eigenvalue weighted by Crippen LogP contribution is -2.19. The summed E-state index contributed by atoms with van der Waals surface area (Å²) in [5.74, 6) is 0.799. The zero-order valence-corrected chi connectivity index (χ0v) is 13.9. The van der Waals surface area contributed by atoms with Gasteiger partial charge in [-0.3, -0.25) is 4.68 Å². The fourth-order valence-electron chi connectivity index (χ4n) is 3.39. The molecule has 0 fully saturated rings. The predicted molar refractivity (Wildman–Crippen MR) is 96.0 cm³/mol. The summed E-state index contributed by atoms with van der Waals surface area (Å²) in [6.45, 7) is 0.804. The number of nitrogens with zero attached hydrogens (tertiary/aromatic N) is 4. The Balaban J connectivity index is 1.55. The third-order valence-corrected chi connectivity index (χ3v) is 4.65. The van der Waals surface area contributed by atoms with Gasteiger partial charge in [-0.05, 0) is 37.0 Å². The van der Waals surface area contributed by atoms with Crippen LogP contribution in [0.1, 0.15) is 41.3 Å². The fourth-order valence-corrected chi connectivity index (χ4v) is 3.39. The van der Waals surface area contributed by atoms with Crippen LogP contribution in [0.15, 0.2) is 54.9 Å². The van der Waals surface area contributed by atoms with Crippen LogP contribution in [0.5, 0.6) is 0 Å². The van der Waals surface area contributed by atoms with Gasteiger partial charge in [0, 0.05) is 17.5 Å². The van der Waals surface area contributed by atoms with Crippen molar-refractivity contribution in [2.45, 2.75) is 31.8 Å². The highest BCUT2D eigenvalue weighted by Gasteiger charge is 2.24. The molecule has 0 saturated carbocycles. The zero-order chi connectivity index (χ0) is 17.1. The molecule has 1 aliphatic rings. The third-order valence-electron chi connectivity index (χ3n) is 4.65. The monoisotopic (exact) mass is 329 g/mol. The van der Waals surface area contributed by atoms with E-state index < -0.39 is 0 Å². The smallest absolute Gasteiger partial charge is 0.126 e. The summed E-state index contributed by atoms with van der Waals surface area (Å²) in [6, 6.07) is 16.4. The molecule has 0 bridgehead atoms. The first kappa shape index (κ1) is 15.4. The van der Waals surface area contributed by atoms with Gasteiger partial charge >= 0.3 is 0 Å². The second kappa shape index (κ2) is 6.78. The quantitative estimate of drug-likeness (QED) is 0.793. The van der Waals surface area contributed by atoms with Gasteiger partial charge in [0.05, 0.1) is 24.3 Å². The Kier molecular flexibility index (Phi) is 4.17. The Morgan fingerprint density at radius 2 is 2.04 bits per heavy atom. The van der Waals surface area contributed by atoms with E-state index in [9.17, 15) is 0 Å². The molecule has 4 rings (SSSR count). The van der Waals surface area contributed by atoms with Crippen LogP contribution in [-0.2, 0) is 13.0 Å². The average molecular weight is 329 g/mol. The highest BCUT2D eigenvalue weighted by atomic mass is 15.3. The normalized spacial score (nSPS) is 16.0. The number of nitrogens with one attached hydrogen (secondary N) is 1. The largest absolute Gasteiger partial charge is 0.363 e. The van der Waals surface area contributed by atoms with Crippen molar-refractivity contribution in [2.75, 3.05) is 5.32 Å². The zero-order valence-electron chi connectivity index (χ0n) is 13.9. The van der Waals surface area contributed by atoms with Gasteiger partial charge in [0.25, 0.3) is 0 Å². The summed E-state index contributed by atoms with van der Waals surface area (Å²) in [7, 11) is 0. The van der Waals surface area contributed by atoms with Gasteiger partial charge in [-0.1, -0.05) is 30.3 Å². The number of rotatable bonds is 4. The Labute approximate surface area is 146 Å². The van der Waals surface area contributed by atoms with E-state index >= 15 is 0 Å². The number of benzene rings is 1. The summed E-state index contributed by atoms with van der Waals surface area (Å²) in [4.78, 5) is 4.33. The van der Waals surface area contributed by atoms with Crippen molar-refractivity contribution in [3.8, 4) is 6.07 Å². The maximum Gasteiger partial charge on any atom is 0.126 e. The molecule has 0 radical (unpaired) electrons. The van der Waals surface area contributed by atoms with E-state index in [1.54, 1.807) is 12.3 Å². The molecule has 1 atom stereocenters. The van der Waals surface area contributed by atoms with Crippen molar-refractivity contribution in [3.63, 3.8) is 0 Å². The van der Waals surface area contributed by atoms with Crippen LogP contribution in [0, 0.1) is 11.3 Å². The summed E-state index contributed by atoms with van der Waals surface area (Å²) >= 11 is 0. The van der Waals surface area contributed by atoms with Crippen molar-refractivity contribution in [2.24, 2.45) is 0 Å². The van der Waals surface area contributed by atoms with Gasteiger partial charge < -0.3 is 5.32 Å². The molecular weight excluding hydrogens is 310 g/mol. The number of nitriles is 1. The molecule has 124 valence electrons. The van der Waals surface area contributed by atoms with Crippen LogP contribution < -0.4 is 5.32 Å². The van der Waals surface area contributed by atoms with Crippen LogP contribution in [0.25, 0.3) is 0 Å². The second-order valence-corrected chi connectivity index (χ2v) is 6.32. The molecular formula is C20H19N5. The Hall–Kier alpha value is -3.13. The molecule has 25 heavy (non-hydrogen) atoms. The van der Waals surface area contributed by atoms with Gasteiger partial charge in [-0.2, -0.15) is 10.4 Å². The molecule has 1 aliphatic carbocycles. The van der Waals surface area contributed by atoms with E-state index in [4.69, 9.17) is 5.26 Å². The summed E-state index contributed by atoms with van der Waals surface area (Å²) in [5, 5.41) is 17.0. The summed E-state index contributed by atoms with van der Waals surface area (Å²) < 4.78 is 2.12. The molecule has 5 heteroatoms. The molecule has 0 spiro atoms. The molecule has 0 aliphatic heterocycles. The first-order valence-electron chi connectivity index (χ1n) is 8.54. The van der Waals surface area contributed by atoms with Gasteiger partial charge in [-0.15, -0.1) is 0 Å². The number of anilines is 1. The molecule has 3 aromatic rings. The molecule has 0 saturated heterocycles. The lowest BCUT2D eigenvalue weighted by atomic mass is 9.93. The van der Waals surface area contributed by atoms with Crippen molar-refractivity contribution in [3.05, 3.63) is 77.2 Å². The van der Waals surface area contributed by atoms with E-state index in [0.717, 1.165) is 31.6 Å². The second-order valence-electron chi connectivity index (χ2n) is 6.32. The van der Waals surface area contributed by atoms with E-state index in [0.29, 0.717) is 5.56 Å². The number of fused-ring (bicyclic) bond motifs is 1. The highest BCUT2D eigenvalue weighted by Crippen LogP contribution is 2.32. The van der Waals surface area contributed by atoms with Crippen molar-refractivity contribution in [1.29, 1.82) is 5.26 Å². The van der Waals surface area contributed by atoms with Crippen LogP contribution >= 0.6 is 0 Å². The van der Waals surface area contributed by atoms with Crippen molar-refractivity contribution in [1.82, 2.24) is 14.8 Å². The Morgan fingerprint density at radius 1 is 1.16 bits per heavy atom. The SMILES string of the molecule is N#Cc1ccc(N[C@@H]2CCCc3c2cnn3Cc2ccccc2)nc1. The first-order valence-corrected chi connectivity index (χ1v) is 8.54. The van der Waals surface area contributed by atoms with Crippen molar-refractivity contribution < 1.29 is 0 Å². The average Bonchev–Trinajstić information content (AvgIpc) is 3.07. The van der Waals surface area contributed by atoms with Gasteiger partial charge in [0.2, 0.25) is 0 Å². The van der Waals surface area contributed by atoms with E-state index in [-0.39, 0.29) is 6.04 Å². The lowest BCUT2D eigenvalue weighted by Gasteiger charge is -2.24. The van der Waals surface area contributed by atoms with Crippen LogP contribution in [-0.4, -0.2) is 14.8 Å². The lowest BCUT2D eigenvalue weighted by molar-refractivity contribution is 0.555. The molecule has 2 aromatic heterocycles. The minimum absolute atomic E-state index is 0.216. The summed E-state index contributed by atoms with van der Waals surface area (Å²) in [5.41, 5.74) is 4.40. The highest BCUT2D eigenvalue weighted by molar-refractivity contribution is 5.42. The standard InChI is InChI=1S/C20H19N5/c21-11-16-9-10-20(22-12-16)24-18-7-4-8-19-17(18)13-23-25(19)14-15-5-2-1-3-6-15/h1-3,5-6,9-10,12-13,18H,4,7-8,14H2,(H,22,24)/t18-/m1/s1. The maximum absolute atomic E-state index is 8.88. The third kappa shape index (κ3) is 3.24. The molecule has 2 heterocycles. The predicted octanol–water partition coefficient (Wildman–Crippen LogP) is 3.69. The van der Waals surface area contributed by atoms with Crippen LogP contribution in [0.3, 0.4) is 0 Å². The molecule has 0 unspecified atom stereocenters. The van der Waals surface area contributed by atoms with E-state index in [1.165, 1.54) is 16.8 Å². The first-order chi connectivity index (χ1) is 12.3. The maximum atomic E-state index is 8.88. The van der Waals surface area contributed by atoms with E-state index in [2.05, 4.69) is 50.4 Å². The minimum atomic E-state index is 0.216. The Morgan fingerprint density at radius 3 is 2.80 bits per heavy atom. The molecule has 1 N–H and O–H groups in total. The fraction of sp³-hybridized carbons (Fsp3) is 0.250. The molecule has 0 amide bonds. The summed E-state index contributed by atoms with van der Waals surface area (Å²) in [6.07, 6.45) is 6.83. The minimum Gasteiger partial charge on any atom is -0.363 e. The van der Waals surface area contributed by atoms with E-state index in [1.807, 2.05) is 18.3 Å². The Bertz CT molecular complexity index is 890. The number of hydrogen-bond donors (Lipinski definition) is 1. The molecule has 5 nitrogen and oxygen atoms in total. The van der Waals surface area contributed by atoms with Gasteiger partial charge in [0.15, 0.2) is 0 Å². The molecule has 1 aromatic carbocycles. The number of aromatic nitrogens is 3. The number of pyridine rings is 1. The van der Waals surface area contributed by atoms with Crippen LogP contribution in [0.4, 0.5) is 5.82 Å². The van der Waals surface area contributed by atoms with Crippen molar-refractivity contribution >= 4 is 5.82 Å². The van der Waals surface area contributed by atoms with Crippen LogP contribution in [0.2, 0.25) is 0 Å². The van der Waals surface area contributed by atoms with Gasteiger partial charge in [0.1, 0.15) is 11.9 Å².